The monoisotopic (exact) mass is 525 g/mol. The van der Waals surface area contributed by atoms with Crippen molar-refractivity contribution >= 4 is 17.0 Å². The fourth-order valence-corrected chi connectivity index (χ4v) is 6.40. The van der Waals surface area contributed by atoms with Crippen LogP contribution in [0, 0.1) is 12.3 Å². The number of ether oxygens (including phenoxy) is 1. The number of benzene rings is 2. The second kappa shape index (κ2) is 9.75. The van der Waals surface area contributed by atoms with Gasteiger partial charge in [-0.1, -0.05) is 35.5 Å². The standard InChI is InChI=1S/C31H35N5O3/c1-19-23(10-12-27-28(19)33-34-35(27)4)25(31(2,3)30(37)38)17-20-7-8-21-9-11-26(24(21)16-20)36-14-15-39-29-22(18-36)6-5-13-32-29/h5-8,10,12-13,16,25-26H,9,11,14-15,17-18H2,1-4H3,(H,37,38). The van der Waals surface area contributed by atoms with E-state index in [1.54, 1.807) is 10.9 Å². The molecular formula is C31H35N5O3. The summed E-state index contributed by atoms with van der Waals surface area (Å²) >= 11 is 0. The smallest absolute Gasteiger partial charge is 0.309 e. The normalized spacial score (nSPS) is 18.3. The van der Waals surface area contributed by atoms with Gasteiger partial charge in [0.2, 0.25) is 5.88 Å². The Morgan fingerprint density at radius 1 is 1.21 bits per heavy atom. The number of carboxylic acid groups (broad SMARTS) is 1. The number of aromatic nitrogens is 4. The molecule has 0 spiro atoms. The Labute approximate surface area is 228 Å². The number of hydrogen-bond donors (Lipinski definition) is 1. The highest BCUT2D eigenvalue weighted by Crippen LogP contribution is 2.43. The molecule has 8 nitrogen and oxygen atoms in total. The molecule has 0 saturated heterocycles. The van der Waals surface area contributed by atoms with Crippen LogP contribution < -0.4 is 4.74 Å². The lowest BCUT2D eigenvalue weighted by molar-refractivity contribution is -0.148. The van der Waals surface area contributed by atoms with E-state index in [1.807, 2.05) is 40.0 Å². The number of hydrogen-bond acceptors (Lipinski definition) is 6. The first-order chi connectivity index (χ1) is 18.7. The average molecular weight is 526 g/mol. The highest BCUT2D eigenvalue weighted by atomic mass is 16.5. The van der Waals surface area contributed by atoms with Crippen LogP contribution in [-0.4, -0.2) is 49.1 Å². The SMILES string of the molecule is Cc1c(C(Cc2ccc3c(c2)C(N2CCOc4ncccc4C2)CC3)C(C)(C)C(=O)O)ccc2c1nnn2C. The maximum atomic E-state index is 12.5. The topological polar surface area (TPSA) is 93.4 Å². The number of carbonyl (C=O) groups is 1. The van der Waals surface area contributed by atoms with Crippen LogP contribution in [-0.2, 0) is 31.2 Å². The Balaban J connectivity index is 1.34. The molecule has 1 aliphatic carbocycles. The van der Waals surface area contributed by atoms with E-state index in [0.717, 1.165) is 65.1 Å². The van der Waals surface area contributed by atoms with Crippen molar-refractivity contribution in [2.75, 3.05) is 13.2 Å². The molecule has 0 fully saturated rings. The Bertz CT molecular complexity index is 1560. The molecule has 2 aromatic carbocycles. The van der Waals surface area contributed by atoms with Crippen molar-refractivity contribution in [2.45, 2.75) is 58.5 Å². The van der Waals surface area contributed by atoms with Crippen LogP contribution >= 0.6 is 0 Å². The quantitative estimate of drug-likeness (QED) is 0.379. The molecule has 2 aliphatic rings. The minimum atomic E-state index is -0.974. The summed E-state index contributed by atoms with van der Waals surface area (Å²) in [4.78, 5) is 19.5. The zero-order chi connectivity index (χ0) is 27.3. The van der Waals surface area contributed by atoms with Crippen molar-refractivity contribution in [1.29, 1.82) is 0 Å². The van der Waals surface area contributed by atoms with E-state index in [-0.39, 0.29) is 5.92 Å². The lowest BCUT2D eigenvalue weighted by Gasteiger charge is -2.33. The first-order valence-electron chi connectivity index (χ1n) is 13.7. The minimum Gasteiger partial charge on any atom is -0.481 e. The number of carboxylic acids is 1. The molecular weight excluding hydrogens is 490 g/mol. The van der Waals surface area contributed by atoms with Crippen molar-refractivity contribution in [3.63, 3.8) is 0 Å². The molecule has 6 rings (SSSR count). The van der Waals surface area contributed by atoms with Crippen LogP contribution in [0.1, 0.15) is 65.6 Å². The number of rotatable bonds is 6. The van der Waals surface area contributed by atoms with Gasteiger partial charge in [0.1, 0.15) is 12.1 Å². The van der Waals surface area contributed by atoms with E-state index in [0.29, 0.717) is 19.1 Å². The van der Waals surface area contributed by atoms with E-state index in [1.165, 1.54) is 11.1 Å². The van der Waals surface area contributed by atoms with Gasteiger partial charge in [0.25, 0.3) is 0 Å². The lowest BCUT2D eigenvalue weighted by Crippen LogP contribution is -2.33. The Morgan fingerprint density at radius 2 is 2.05 bits per heavy atom. The molecule has 0 saturated carbocycles. The second-order valence-electron chi connectivity index (χ2n) is 11.5. The number of fused-ring (bicyclic) bond motifs is 3. The summed E-state index contributed by atoms with van der Waals surface area (Å²) in [5, 5.41) is 18.8. The highest BCUT2D eigenvalue weighted by Gasteiger charge is 2.39. The van der Waals surface area contributed by atoms with E-state index >= 15 is 0 Å². The molecule has 202 valence electrons. The fraction of sp³-hybridized carbons (Fsp3) is 0.419. The van der Waals surface area contributed by atoms with Crippen LogP contribution in [0.4, 0.5) is 0 Å². The third-order valence-corrected chi connectivity index (χ3v) is 8.85. The van der Waals surface area contributed by atoms with Gasteiger partial charge < -0.3 is 9.84 Å². The van der Waals surface area contributed by atoms with Crippen LogP contribution in [0.15, 0.2) is 48.7 Å². The van der Waals surface area contributed by atoms with Crippen LogP contribution in [0.5, 0.6) is 5.88 Å². The van der Waals surface area contributed by atoms with E-state index < -0.39 is 11.4 Å². The third kappa shape index (κ3) is 4.46. The summed E-state index contributed by atoms with van der Waals surface area (Å²) in [7, 11) is 1.87. The molecule has 3 heterocycles. The van der Waals surface area contributed by atoms with Crippen LogP contribution in [0.3, 0.4) is 0 Å². The Hall–Kier alpha value is -3.78. The predicted molar refractivity (Wildman–Crippen MR) is 149 cm³/mol. The maximum Gasteiger partial charge on any atom is 0.309 e. The van der Waals surface area contributed by atoms with Gasteiger partial charge in [-0.05, 0) is 80.0 Å². The van der Waals surface area contributed by atoms with E-state index in [4.69, 9.17) is 4.74 Å². The maximum absolute atomic E-state index is 12.5. The number of aliphatic carboxylic acids is 1. The molecule has 1 aliphatic heterocycles. The predicted octanol–water partition coefficient (Wildman–Crippen LogP) is 4.99. The summed E-state index contributed by atoms with van der Waals surface area (Å²) in [5.74, 6) is -0.299. The number of nitrogens with zero attached hydrogens (tertiary/aromatic N) is 5. The Kier molecular flexibility index (Phi) is 6.38. The van der Waals surface area contributed by atoms with Gasteiger partial charge in [0, 0.05) is 43.9 Å². The number of aryl methyl sites for hydroxylation is 3. The third-order valence-electron chi connectivity index (χ3n) is 8.85. The van der Waals surface area contributed by atoms with Crippen LogP contribution in [0.25, 0.3) is 11.0 Å². The molecule has 39 heavy (non-hydrogen) atoms. The summed E-state index contributed by atoms with van der Waals surface area (Å²) < 4.78 is 7.69. The first-order valence-corrected chi connectivity index (χ1v) is 13.7. The lowest BCUT2D eigenvalue weighted by atomic mass is 9.70. The largest absolute Gasteiger partial charge is 0.481 e. The minimum absolute atomic E-state index is 0.233. The van der Waals surface area contributed by atoms with Gasteiger partial charge in [-0.2, -0.15) is 0 Å². The van der Waals surface area contributed by atoms with Crippen molar-refractivity contribution in [2.24, 2.45) is 12.5 Å². The summed E-state index contributed by atoms with van der Waals surface area (Å²) in [5.41, 5.74) is 7.83. The summed E-state index contributed by atoms with van der Waals surface area (Å²) in [6, 6.07) is 15.2. The molecule has 2 atom stereocenters. The molecule has 8 heteroatoms. The highest BCUT2D eigenvalue weighted by molar-refractivity contribution is 5.81. The molecule has 1 N–H and O–H groups in total. The van der Waals surface area contributed by atoms with Gasteiger partial charge >= 0.3 is 5.97 Å². The van der Waals surface area contributed by atoms with Gasteiger partial charge in [0.15, 0.2) is 0 Å². The summed E-state index contributed by atoms with van der Waals surface area (Å²) in [6.45, 7) is 7.97. The molecule has 0 bridgehead atoms. The van der Waals surface area contributed by atoms with Crippen molar-refractivity contribution < 1.29 is 14.6 Å². The zero-order valence-electron chi connectivity index (χ0n) is 23.0. The molecule has 0 radical (unpaired) electrons. The van der Waals surface area contributed by atoms with Gasteiger partial charge in [-0.25, -0.2) is 9.67 Å². The molecule has 2 unspecified atom stereocenters. The van der Waals surface area contributed by atoms with Crippen LogP contribution in [0.2, 0.25) is 0 Å². The zero-order valence-corrected chi connectivity index (χ0v) is 23.0. The molecule has 4 aromatic rings. The van der Waals surface area contributed by atoms with Crippen molar-refractivity contribution in [3.8, 4) is 5.88 Å². The van der Waals surface area contributed by atoms with Crippen molar-refractivity contribution in [3.05, 3.63) is 82.0 Å². The Morgan fingerprint density at radius 3 is 2.87 bits per heavy atom. The molecule has 2 aromatic heterocycles. The summed E-state index contributed by atoms with van der Waals surface area (Å²) in [6.07, 6.45) is 4.52. The average Bonchev–Trinajstić information content (AvgIpc) is 3.44. The van der Waals surface area contributed by atoms with Crippen molar-refractivity contribution in [1.82, 2.24) is 24.9 Å². The first kappa shape index (κ1) is 25.5. The fourth-order valence-electron chi connectivity index (χ4n) is 6.40. The molecule has 0 amide bonds. The second-order valence-corrected chi connectivity index (χ2v) is 11.5. The van der Waals surface area contributed by atoms with Gasteiger partial charge in [-0.3, -0.25) is 9.69 Å². The number of pyridine rings is 1. The van der Waals surface area contributed by atoms with Gasteiger partial charge in [-0.15, -0.1) is 5.10 Å². The van der Waals surface area contributed by atoms with E-state index in [2.05, 4.69) is 50.5 Å². The van der Waals surface area contributed by atoms with E-state index in [9.17, 15) is 9.90 Å². The van der Waals surface area contributed by atoms with Gasteiger partial charge in [0.05, 0.1) is 10.9 Å².